The van der Waals surface area contributed by atoms with Gasteiger partial charge < -0.3 is 19.7 Å². The molecule has 1 saturated heterocycles. The van der Waals surface area contributed by atoms with E-state index in [1.807, 2.05) is 6.08 Å². The lowest BCUT2D eigenvalue weighted by Crippen LogP contribution is -2.76. The minimum absolute atomic E-state index is 0.0335. The lowest BCUT2D eigenvalue weighted by atomic mass is 9.37. The quantitative estimate of drug-likeness (QED) is 0.685. The number of aliphatic hydroxyl groups excluding tert-OH is 2. The standard InChI is InChI=1S/C24H40O4/c1-4-19-22-18(10-11-20(25)17-8-6-5-7-9-17)21(26)12-13-23(22,16(2)3)24(19)27-14-15-28-24/h10-11,16-22,25-26H,4-9,12-15H2,1-3H3/b11-10+/t18-,19?,20-,21+,22-,23+/m1/s1. The predicted molar refractivity (Wildman–Crippen MR) is 110 cm³/mol. The molecule has 1 aliphatic heterocycles. The van der Waals surface area contributed by atoms with E-state index >= 15 is 0 Å². The highest BCUT2D eigenvalue weighted by atomic mass is 16.7. The Morgan fingerprint density at radius 1 is 1.07 bits per heavy atom. The Morgan fingerprint density at radius 2 is 1.75 bits per heavy atom. The lowest BCUT2D eigenvalue weighted by Gasteiger charge is -2.72. The Labute approximate surface area is 170 Å². The van der Waals surface area contributed by atoms with Crippen molar-refractivity contribution >= 4 is 0 Å². The van der Waals surface area contributed by atoms with Crippen LogP contribution in [0.5, 0.6) is 0 Å². The molecule has 0 bridgehead atoms. The van der Waals surface area contributed by atoms with E-state index in [1.165, 1.54) is 19.3 Å². The van der Waals surface area contributed by atoms with E-state index in [9.17, 15) is 10.2 Å². The summed E-state index contributed by atoms with van der Waals surface area (Å²) in [5, 5.41) is 21.7. The zero-order valence-corrected chi connectivity index (χ0v) is 18.0. The molecule has 3 aliphatic carbocycles. The minimum atomic E-state index is -0.463. The van der Waals surface area contributed by atoms with Crippen molar-refractivity contribution < 1.29 is 19.7 Å². The van der Waals surface area contributed by atoms with Gasteiger partial charge >= 0.3 is 0 Å². The first-order chi connectivity index (χ1) is 13.5. The summed E-state index contributed by atoms with van der Waals surface area (Å²) in [6.45, 7) is 8.17. The van der Waals surface area contributed by atoms with Crippen molar-refractivity contribution in [2.75, 3.05) is 13.2 Å². The Kier molecular flexibility index (Phi) is 5.97. The first kappa shape index (κ1) is 20.8. The van der Waals surface area contributed by atoms with Gasteiger partial charge in [0.1, 0.15) is 0 Å². The Balaban J connectivity index is 1.59. The maximum atomic E-state index is 10.9. The highest BCUT2D eigenvalue weighted by molar-refractivity contribution is 5.23. The highest BCUT2D eigenvalue weighted by Gasteiger charge is 2.77. The van der Waals surface area contributed by atoms with Gasteiger partial charge in [-0.3, -0.25) is 0 Å². The average molecular weight is 393 g/mol. The number of aliphatic hydroxyl groups is 2. The molecule has 160 valence electrons. The van der Waals surface area contributed by atoms with Crippen LogP contribution in [0.2, 0.25) is 0 Å². The second-order valence-corrected chi connectivity index (χ2v) is 10.1. The molecule has 4 fully saturated rings. The molecule has 1 spiro atoms. The predicted octanol–water partition coefficient (Wildman–Crippen LogP) is 4.30. The number of ether oxygens (including phenoxy) is 2. The molecule has 0 amide bonds. The molecule has 4 aliphatic rings. The number of hydrogen-bond acceptors (Lipinski definition) is 4. The molecule has 6 atom stereocenters. The second-order valence-electron chi connectivity index (χ2n) is 10.1. The third-order valence-corrected chi connectivity index (χ3v) is 8.73. The SMILES string of the molecule is CCC1[C@H]2[C@H](/C=C/[C@@H](O)C3CCCCC3)[C@@H](O)CC[C@@]2(C(C)C)C12OCCO2. The van der Waals surface area contributed by atoms with Crippen LogP contribution in [-0.2, 0) is 9.47 Å². The molecule has 4 rings (SSSR count). The summed E-state index contributed by atoms with van der Waals surface area (Å²) in [6.07, 6.45) is 12.2. The molecule has 4 nitrogen and oxygen atoms in total. The van der Waals surface area contributed by atoms with Gasteiger partial charge in [-0.15, -0.1) is 0 Å². The summed E-state index contributed by atoms with van der Waals surface area (Å²) in [7, 11) is 0. The Bertz CT molecular complexity index is 561. The van der Waals surface area contributed by atoms with Crippen LogP contribution in [0.3, 0.4) is 0 Å². The largest absolute Gasteiger partial charge is 0.393 e. The van der Waals surface area contributed by atoms with E-state index in [-0.39, 0.29) is 23.5 Å². The van der Waals surface area contributed by atoms with E-state index in [4.69, 9.17) is 9.47 Å². The summed E-state index contributed by atoms with van der Waals surface area (Å²) in [5.74, 6) is 1.11. The second kappa shape index (κ2) is 8.02. The van der Waals surface area contributed by atoms with Crippen molar-refractivity contribution in [3.8, 4) is 0 Å². The Morgan fingerprint density at radius 3 is 2.36 bits per heavy atom. The summed E-state index contributed by atoms with van der Waals surface area (Å²) in [5.41, 5.74) is -0.0335. The van der Waals surface area contributed by atoms with E-state index in [0.717, 1.165) is 32.1 Å². The van der Waals surface area contributed by atoms with Gasteiger partial charge in [-0.05, 0) is 49.9 Å². The van der Waals surface area contributed by atoms with Crippen LogP contribution in [0.4, 0.5) is 0 Å². The molecule has 0 aromatic heterocycles. The summed E-state index contributed by atoms with van der Waals surface area (Å²) in [6, 6.07) is 0. The number of hydrogen-bond donors (Lipinski definition) is 2. The highest BCUT2D eigenvalue weighted by Crippen LogP contribution is 2.73. The maximum Gasteiger partial charge on any atom is 0.177 e. The molecule has 3 saturated carbocycles. The van der Waals surface area contributed by atoms with Crippen LogP contribution in [0.1, 0.15) is 72.1 Å². The van der Waals surface area contributed by atoms with Crippen LogP contribution in [0, 0.1) is 35.0 Å². The van der Waals surface area contributed by atoms with Crippen LogP contribution < -0.4 is 0 Å². The van der Waals surface area contributed by atoms with Crippen LogP contribution in [0.25, 0.3) is 0 Å². The van der Waals surface area contributed by atoms with Crippen LogP contribution in [0.15, 0.2) is 12.2 Å². The molecule has 28 heavy (non-hydrogen) atoms. The van der Waals surface area contributed by atoms with Gasteiger partial charge in [-0.1, -0.05) is 52.2 Å². The van der Waals surface area contributed by atoms with Gasteiger partial charge in [0.15, 0.2) is 5.79 Å². The maximum absolute atomic E-state index is 10.9. The molecule has 0 aromatic rings. The summed E-state index contributed by atoms with van der Waals surface area (Å²) < 4.78 is 12.7. The van der Waals surface area contributed by atoms with Crippen molar-refractivity contribution in [2.24, 2.45) is 35.0 Å². The molecule has 4 heteroatoms. The summed E-state index contributed by atoms with van der Waals surface area (Å²) in [4.78, 5) is 0. The molecule has 0 aromatic carbocycles. The van der Waals surface area contributed by atoms with Gasteiger partial charge in [-0.2, -0.15) is 0 Å². The zero-order chi connectivity index (χ0) is 19.9. The smallest absolute Gasteiger partial charge is 0.177 e. The fourth-order valence-corrected chi connectivity index (χ4v) is 7.48. The van der Waals surface area contributed by atoms with Crippen LogP contribution >= 0.6 is 0 Å². The van der Waals surface area contributed by atoms with Gasteiger partial charge in [0.05, 0.1) is 25.4 Å². The first-order valence-electron chi connectivity index (χ1n) is 11.8. The van der Waals surface area contributed by atoms with Gasteiger partial charge in [0.2, 0.25) is 0 Å². The molecular weight excluding hydrogens is 352 g/mol. The average Bonchev–Trinajstić information content (AvgIpc) is 3.20. The topological polar surface area (TPSA) is 58.9 Å². The van der Waals surface area contributed by atoms with Gasteiger partial charge in [0, 0.05) is 17.3 Å². The first-order valence-corrected chi connectivity index (χ1v) is 11.8. The molecule has 1 unspecified atom stereocenters. The molecule has 1 heterocycles. The van der Waals surface area contributed by atoms with E-state index < -0.39 is 5.79 Å². The fraction of sp³-hybridized carbons (Fsp3) is 0.917. The molecule has 0 radical (unpaired) electrons. The van der Waals surface area contributed by atoms with E-state index in [1.54, 1.807) is 0 Å². The zero-order valence-electron chi connectivity index (χ0n) is 18.0. The van der Waals surface area contributed by atoms with Crippen molar-refractivity contribution in [1.82, 2.24) is 0 Å². The minimum Gasteiger partial charge on any atom is -0.393 e. The van der Waals surface area contributed by atoms with E-state index in [0.29, 0.717) is 36.9 Å². The van der Waals surface area contributed by atoms with Crippen molar-refractivity contribution in [2.45, 2.75) is 90.1 Å². The number of fused-ring (bicyclic) bond motifs is 2. The molecule has 2 N–H and O–H groups in total. The molecular formula is C24H40O4. The third-order valence-electron chi connectivity index (χ3n) is 8.73. The summed E-state index contributed by atoms with van der Waals surface area (Å²) >= 11 is 0. The lowest BCUT2D eigenvalue weighted by molar-refractivity contribution is -0.404. The van der Waals surface area contributed by atoms with Gasteiger partial charge in [0.25, 0.3) is 0 Å². The van der Waals surface area contributed by atoms with Gasteiger partial charge in [-0.25, -0.2) is 0 Å². The number of rotatable bonds is 5. The van der Waals surface area contributed by atoms with Crippen molar-refractivity contribution in [1.29, 1.82) is 0 Å². The third kappa shape index (κ3) is 2.93. The fourth-order valence-electron chi connectivity index (χ4n) is 7.48. The van der Waals surface area contributed by atoms with Crippen molar-refractivity contribution in [3.05, 3.63) is 12.2 Å². The Hall–Kier alpha value is -0.420. The van der Waals surface area contributed by atoms with E-state index in [2.05, 4.69) is 26.8 Å². The monoisotopic (exact) mass is 392 g/mol. The van der Waals surface area contributed by atoms with Crippen molar-refractivity contribution in [3.63, 3.8) is 0 Å². The normalized spacial score (nSPS) is 42.1. The van der Waals surface area contributed by atoms with Crippen LogP contribution in [-0.4, -0.2) is 41.4 Å².